The molecule has 9 heteroatoms. The molecule has 0 aliphatic carbocycles. The first-order valence-electron chi connectivity index (χ1n) is 7.15. The van der Waals surface area contributed by atoms with Crippen molar-refractivity contribution >= 4 is 75.4 Å². The standard InChI is InChI=1S/C17H9Cl4NO3S/c18-10-4-2-1-3-8(10)7-22-16(24)13(26-17(22)25)5-9-11(19)6-12(20)15(23)14(9)21/h1-6,23H,7H2/b13-5-. The van der Waals surface area contributed by atoms with E-state index in [2.05, 4.69) is 0 Å². The summed E-state index contributed by atoms with van der Waals surface area (Å²) in [5.41, 5.74) is 0.858. The Hall–Kier alpha value is -1.37. The Morgan fingerprint density at radius 1 is 1.04 bits per heavy atom. The highest BCUT2D eigenvalue weighted by Crippen LogP contribution is 2.42. The van der Waals surface area contributed by atoms with Crippen molar-refractivity contribution in [3.8, 4) is 5.75 Å². The van der Waals surface area contributed by atoms with Gasteiger partial charge in [-0.25, -0.2) is 0 Å². The predicted octanol–water partition coefficient (Wildman–Crippen LogP) is 6.24. The van der Waals surface area contributed by atoms with Gasteiger partial charge in [0.1, 0.15) is 0 Å². The van der Waals surface area contributed by atoms with Crippen LogP contribution in [0.5, 0.6) is 5.75 Å². The third-order valence-electron chi connectivity index (χ3n) is 3.62. The van der Waals surface area contributed by atoms with Gasteiger partial charge in [-0.1, -0.05) is 64.6 Å². The van der Waals surface area contributed by atoms with Crippen LogP contribution in [0.4, 0.5) is 4.79 Å². The van der Waals surface area contributed by atoms with Crippen LogP contribution in [0.1, 0.15) is 11.1 Å². The highest BCUT2D eigenvalue weighted by atomic mass is 35.5. The molecule has 134 valence electrons. The van der Waals surface area contributed by atoms with Gasteiger partial charge >= 0.3 is 0 Å². The van der Waals surface area contributed by atoms with Crippen molar-refractivity contribution < 1.29 is 14.7 Å². The van der Waals surface area contributed by atoms with E-state index in [0.29, 0.717) is 10.6 Å². The highest BCUT2D eigenvalue weighted by molar-refractivity contribution is 8.18. The fraction of sp³-hybridized carbons (Fsp3) is 0.0588. The van der Waals surface area contributed by atoms with Crippen LogP contribution in [0, 0.1) is 0 Å². The first-order chi connectivity index (χ1) is 12.3. The molecule has 1 N–H and O–H groups in total. The first kappa shape index (κ1) is 19.4. The zero-order valence-corrected chi connectivity index (χ0v) is 16.6. The molecule has 1 saturated heterocycles. The van der Waals surface area contributed by atoms with Crippen LogP contribution in [0.25, 0.3) is 6.08 Å². The van der Waals surface area contributed by atoms with Gasteiger partial charge in [0.05, 0.1) is 26.5 Å². The molecular formula is C17H9Cl4NO3S. The quantitative estimate of drug-likeness (QED) is 0.564. The van der Waals surface area contributed by atoms with Crippen LogP contribution in [0.3, 0.4) is 0 Å². The number of carbonyl (C=O) groups excluding carboxylic acids is 2. The van der Waals surface area contributed by atoms with Gasteiger partial charge in [0.2, 0.25) is 0 Å². The Kier molecular flexibility index (Phi) is 5.75. The van der Waals surface area contributed by atoms with Gasteiger partial charge in [-0.05, 0) is 35.5 Å². The molecule has 1 heterocycles. The largest absolute Gasteiger partial charge is 0.505 e. The van der Waals surface area contributed by atoms with Gasteiger partial charge < -0.3 is 5.11 Å². The molecule has 0 aromatic heterocycles. The van der Waals surface area contributed by atoms with E-state index in [0.717, 1.165) is 16.7 Å². The Morgan fingerprint density at radius 3 is 2.42 bits per heavy atom. The van der Waals surface area contributed by atoms with Crippen molar-refractivity contribution in [2.24, 2.45) is 0 Å². The molecule has 2 aromatic carbocycles. The third kappa shape index (κ3) is 3.68. The molecule has 2 amide bonds. The monoisotopic (exact) mass is 447 g/mol. The summed E-state index contributed by atoms with van der Waals surface area (Å²) in [5.74, 6) is -0.847. The highest BCUT2D eigenvalue weighted by Gasteiger charge is 2.35. The topological polar surface area (TPSA) is 57.6 Å². The summed E-state index contributed by atoms with van der Waals surface area (Å²) >= 11 is 24.8. The average molecular weight is 449 g/mol. The van der Waals surface area contributed by atoms with Crippen LogP contribution >= 0.6 is 58.2 Å². The molecule has 26 heavy (non-hydrogen) atoms. The summed E-state index contributed by atoms with van der Waals surface area (Å²) < 4.78 is 0. The molecule has 2 aromatic rings. The number of rotatable bonds is 3. The number of hydrogen-bond acceptors (Lipinski definition) is 4. The van der Waals surface area contributed by atoms with Crippen molar-refractivity contribution in [3.05, 3.63) is 66.5 Å². The van der Waals surface area contributed by atoms with E-state index < -0.39 is 11.1 Å². The maximum atomic E-state index is 12.6. The number of nitrogens with zero attached hydrogens (tertiary/aromatic N) is 1. The molecule has 4 nitrogen and oxygen atoms in total. The third-order valence-corrected chi connectivity index (χ3v) is 5.88. The number of imide groups is 1. The van der Waals surface area contributed by atoms with E-state index >= 15 is 0 Å². The van der Waals surface area contributed by atoms with Crippen molar-refractivity contribution in [2.45, 2.75) is 6.54 Å². The number of amides is 2. The van der Waals surface area contributed by atoms with Crippen LogP contribution in [-0.2, 0) is 11.3 Å². The second-order valence-electron chi connectivity index (χ2n) is 5.28. The Labute approximate surface area is 173 Å². The van der Waals surface area contributed by atoms with E-state index in [1.54, 1.807) is 24.3 Å². The summed E-state index contributed by atoms with van der Waals surface area (Å²) in [4.78, 5) is 26.1. The van der Waals surface area contributed by atoms with Gasteiger partial charge in [-0.2, -0.15) is 0 Å². The maximum absolute atomic E-state index is 12.6. The van der Waals surface area contributed by atoms with Gasteiger partial charge in [0, 0.05) is 10.6 Å². The minimum Gasteiger partial charge on any atom is -0.505 e. The second-order valence-corrected chi connectivity index (χ2v) is 7.87. The number of phenolic OH excluding ortho intramolecular Hbond substituents is 1. The van der Waals surface area contributed by atoms with Crippen molar-refractivity contribution in [1.29, 1.82) is 0 Å². The fourth-order valence-corrected chi connectivity index (χ4v) is 4.18. The summed E-state index contributed by atoms with van der Waals surface area (Å²) in [7, 11) is 0. The molecule has 1 fully saturated rings. The SMILES string of the molecule is O=C1S/C(=C\c2c(Cl)cc(Cl)c(O)c2Cl)C(=O)N1Cc1ccccc1Cl. The van der Waals surface area contributed by atoms with E-state index in [1.165, 1.54) is 12.1 Å². The molecule has 0 unspecified atom stereocenters. The normalized spacial score (nSPS) is 16.0. The zero-order chi connectivity index (χ0) is 19.0. The van der Waals surface area contributed by atoms with Crippen LogP contribution in [-0.4, -0.2) is 21.2 Å². The van der Waals surface area contributed by atoms with E-state index in [1.807, 2.05) is 0 Å². The lowest BCUT2D eigenvalue weighted by Gasteiger charge is -2.13. The van der Waals surface area contributed by atoms with Gasteiger partial charge in [-0.15, -0.1) is 0 Å². The summed E-state index contributed by atoms with van der Waals surface area (Å²) in [6.45, 7) is 0.0506. The molecule has 0 atom stereocenters. The maximum Gasteiger partial charge on any atom is 0.293 e. The Bertz CT molecular complexity index is 961. The van der Waals surface area contributed by atoms with Crippen LogP contribution < -0.4 is 0 Å². The van der Waals surface area contributed by atoms with Crippen molar-refractivity contribution in [1.82, 2.24) is 4.90 Å². The van der Waals surface area contributed by atoms with Crippen LogP contribution in [0.2, 0.25) is 20.1 Å². The smallest absolute Gasteiger partial charge is 0.293 e. The number of hydrogen-bond donors (Lipinski definition) is 1. The average Bonchev–Trinajstić information content (AvgIpc) is 2.86. The second kappa shape index (κ2) is 7.71. The molecule has 0 saturated carbocycles. The lowest BCUT2D eigenvalue weighted by atomic mass is 10.1. The minimum atomic E-state index is -0.499. The fourth-order valence-electron chi connectivity index (χ4n) is 2.29. The van der Waals surface area contributed by atoms with Crippen molar-refractivity contribution in [3.63, 3.8) is 0 Å². The number of benzene rings is 2. The van der Waals surface area contributed by atoms with E-state index in [-0.39, 0.29) is 37.8 Å². The molecule has 3 rings (SSSR count). The van der Waals surface area contributed by atoms with E-state index in [9.17, 15) is 14.7 Å². The first-order valence-corrected chi connectivity index (χ1v) is 9.47. The summed E-state index contributed by atoms with van der Waals surface area (Å²) in [6.07, 6.45) is 1.36. The number of phenols is 1. The molecule has 1 aliphatic heterocycles. The number of carbonyl (C=O) groups is 2. The van der Waals surface area contributed by atoms with Crippen LogP contribution in [0.15, 0.2) is 35.2 Å². The van der Waals surface area contributed by atoms with Gasteiger partial charge in [-0.3, -0.25) is 14.5 Å². The summed E-state index contributed by atoms with van der Waals surface area (Å²) in [6, 6.07) is 8.26. The number of halogens is 4. The Morgan fingerprint density at radius 2 is 1.73 bits per heavy atom. The lowest BCUT2D eigenvalue weighted by Crippen LogP contribution is -2.27. The lowest BCUT2D eigenvalue weighted by molar-refractivity contribution is -0.123. The zero-order valence-electron chi connectivity index (χ0n) is 12.8. The summed E-state index contributed by atoms with van der Waals surface area (Å²) in [5, 5.41) is 9.91. The number of thioether (sulfide) groups is 1. The van der Waals surface area contributed by atoms with Crippen molar-refractivity contribution in [2.75, 3.05) is 0 Å². The molecule has 0 bridgehead atoms. The molecule has 1 aliphatic rings. The number of aromatic hydroxyl groups is 1. The molecule has 0 spiro atoms. The molecular weight excluding hydrogens is 440 g/mol. The van der Waals surface area contributed by atoms with E-state index in [4.69, 9.17) is 46.4 Å². The predicted molar refractivity (Wildman–Crippen MR) is 106 cm³/mol. The molecule has 0 radical (unpaired) electrons. The minimum absolute atomic E-state index is 0.0102. The van der Waals surface area contributed by atoms with Gasteiger partial charge in [0.25, 0.3) is 11.1 Å². The van der Waals surface area contributed by atoms with Gasteiger partial charge in [0.15, 0.2) is 5.75 Å². The Balaban J connectivity index is 1.94.